The van der Waals surface area contributed by atoms with Crippen molar-refractivity contribution in [2.75, 3.05) is 20.2 Å². The number of amides is 1. The highest BCUT2D eigenvalue weighted by Crippen LogP contribution is 2.21. The van der Waals surface area contributed by atoms with Crippen LogP contribution in [0.15, 0.2) is 24.3 Å². The van der Waals surface area contributed by atoms with Crippen molar-refractivity contribution in [3.05, 3.63) is 35.4 Å². The normalized spacial score (nSPS) is 19.4. The second-order valence-electron chi connectivity index (χ2n) is 5.61. The Bertz CT molecular complexity index is 508. The Morgan fingerprint density at radius 2 is 2.25 bits per heavy atom. The summed E-state index contributed by atoms with van der Waals surface area (Å²) < 4.78 is 5.32. The van der Waals surface area contributed by atoms with Gasteiger partial charge in [0, 0.05) is 24.7 Å². The molecule has 1 fully saturated rings. The van der Waals surface area contributed by atoms with Crippen LogP contribution in [0.5, 0.6) is 5.75 Å². The lowest BCUT2D eigenvalue weighted by Crippen LogP contribution is -2.38. The summed E-state index contributed by atoms with van der Waals surface area (Å²) >= 11 is 0. The van der Waals surface area contributed by atoms with E-state index in [0.717, 1.165) is 36.4 Å². The van der Waals surface area contributed by atoms with Crippen molar-refractivity contribution >= 4 is 12.0 Å². The van der Waals surface area contributed by atoms with E-state index in [9.17, 15) is 4.79 Å². The maximum absolute atomic E-state index is 12.2. The molecule has 0 spiro atoms. The first kappa shape index (κ1) is 14.6. The molecule has 1 aliphatic rings. The number of carbonyl (C=O) groups excluding carboxylic acids is 1. The molecule has 0 radical (unpaired) electrons. The molecule has 1 amide bonds. The largest absolute Gasteiger partial charge is 0.496 e. The van der Waals surface area contributed by atoms with Crippen LogP contribution in [-0.2, 0) is 4.79 Å². The highest BCUT2D eigenvalue weighted by atomic mass is 16.5. The van der Waals surface area contributed by atoms with Gasteiger partial charge >= 0.3 is 0 Å². The van der Waals surface area contributed by atoms with E-state index in [0.29, 0.717) is 5.92 Å². The molecule has 1 aromatic rings. The number of ether oxygens (including phenoxy) is 1. The van der Waals surface area contributed by atoms with E-state index in [-0.39, 0.29) is 5.91 Å². The summed E-state index contributed by atoms with van der Waals surface area (Å²) in [6, 6.07) is 5.97. The van der Waals surface area contributed by atoms with Crippen LogP contribution >= 0.6 is 0 Å². The number of aryl methyl sites for hydroxylation is 1. The van der Waals surface area contributed by atoms with E-state index in [4.69, 9.17) is 4.74 Å². The van der Waals surface area contributed by atoms with Gasteiger partial charge in [-0.05, 0) is 43.9 Å². The molecule has 2 rings (SSSR count). The molecule has 0 aromatic heterocycles. The number of benzene rings is 1. The van der Waals surface area contributed by atoms with Gasteiger partial charge in [-0.25, -0.2) is 0 Å². The molecule has 1 unspecified atom stereocenters. The average Bonchev–Trinajstić information content (AvgIpc) is 2.45. The summed E-state index contributed by atoms with van der Waals surface area (Å²) in [5.41, 5.74) is 2.11. The van der Waals surface area contributed by atoms with Gasteiger partial charge in [-0.1, -0.05) is 18.6 Å². The zero-order chi connectivity index (χ0) is 14.5. The lowest BCUT2D eigenvalue weighted by atomic mass is 10.0. The summed E-state index contributed by atoms with van der Waals surface area (Å²) in [4.78, 5) is 14.1. The van der Waals surface area contributed by atoms with Crippen molar-refractivity contribution in [2.24, 2.45) is 5.92 Å². The van der Waals surface area contributed by atoms with Gasteiger partial charge in [-0.2, -0.15) is 0 Å². The number of carbonyl (C=O) groups is 1. The van der Waals surface area contributed by atoms with E-state index >= 15 is 0 Å². The van der Waals surface area contributed by atoms with Gasteiger partial charge in [0.05, 0.1) is 7.11 Å². The molecule has 20 heavy (non-hydrogen) atoms. The van der Waals surface area contributed by atoms with Crippen LogP contribution in [0.1, 0.15) is 30.9 Å². The molecule has 1 saturated heterocycles. The van der Waals surface area contributed by atoms with Gasteiger partial charge in [0.25, 0.3) is 0 Å². The minimum atomic E-state index is 0.0973. The lowest BCUT2D eigenvalue weighted by molar-refractivity contribution is -0.127. The molecule has 0 N–H and O–H groups in total. The molecule has 0 bridgehead atoms. The van der Waals surface area contributed by atoms with E-state index in [1.807, 2.05) is 36.1 Å². The molecule has 0 aliphatic carbocycles. The fourth-order valence-corrected chi connectivity index (χ4v) is 2.64. The number of rotatable bonds is 3. The molecule has 3 heteroatoms. The predicted molar refractivity (Wildman–Crippen MR) is 81.7 cm³/mol. The standard InChI is InChI=1S/C17H23NO2/c1-13-6-8-16(20-3)15(11-13)7-9-17(19)18-10-4-5-14(2)12-18/h6-9,11,14H,4-5,10,12H2,1-3H3/b9-7+. The first-order valence-electron chi connectivity index (χ1n) is 7.22. The second-order valence-corrected chi connectivity index (χ2v) is 5.61. The monoisotopic (exact) mass is 273 g/mol. The number of likely N-dealkylation sites (tertiary alicyclic amines) is 1. The molecule has 1 aliphatic heterocycles. The fraction of sp³-hybridized carbons (Fsp3) is 0.471. The summed E-state index contributed by atoms with van der Waals surface area (Å²) in [7, 11) is 1.65. The lowest BCUT2D eigenvalue weighted by Gasteiger charge is -2.30. The minimum Gasteiger partial charge on any atom is -0.496 e. The van der Waals surface area contributed by atoms with Crippen molar-refractivity contribution in [3.8, 4) is 5.75 Å². The Morgan fingerprint density at radius 1 is 1.45 bits per heavy atom. The number of methoxy groups -OCH3 is 1. The highest BCUT2D eigenvalue weighted by molar-refractivity contribution is 5.92. The first-order valence-corrected chi connectivity index (χ1v) is 7.22. The molecule has 3 nitrogen and oxygen atoms in total. The van der Waals surface area contributed by atoms with Gasteiger partial charge in [-0.3, -0.25) is 4.79 Å². The van der Waals surface area contributed by atoms with Crippen LogP contribution < -0.4 is 4.74 Å². The Morgan fingerprint density at radius 3 is 2.95 bits per heavy atom. The molecular weight excluding hydrogens is 250 g/mol. The average molecular weight is 273 g/mol. The third kappa shape index (κ3) is 3.62. The summed E-state index contributed by atoms with van der Waals surface area (Å²) in [5, 5.41) is 0. The van der Waals surface area contributed by atoms with Crippen LogP contribution in [0.3, 0.4) is 0 Å². The Hall–Kier alpha value is -1.77. The van der Waals surface area contributed by atoms with Crippen molar-refractivity contribution in [3.63, 3.8) is 0 Å². The smallest absolute Gasteiger partial charge is 0.246 e. The summed E-state index contributed by atoms with van der Waals surface area (Å²) in [6.45, 7) is 5.98. The zero-order valence-corrected chi connectivity index (χ0v) is 12.6. The maximum atomic E-state index is 12.2. The molecule has 1 atom stereocenters. The van der Waals surface area contributed by atoms with Crippen molar-refractivity contribution in [1.82, 2.24) is 4.90 Å². The quantitative estimate of drug-likeness (QED) is 0.791. The van der Waals surface area contributed by atoms with Gasteiger partial charge in [0.15, 0.2) is 0 Å². The maximum Gasteiger partial charge on any atom is 0.246 e. The fourth-order valence-electron chi connectivity index (χ4n) is 2.64. The van der Waals surface area contributed by atoms with Crippen molar-refractivity contribution in [2.45, 2.75) is 26.7 Å². The van der Waals surface area contributed by atoms with Crippen molar-refractivity contribution < 1.29 is 9.53 Å². The van der Waals surface area contributed by atoms with E-state index in [2.05, 4.69) is 6.92 Å². The summed E-state index contributed by atoms with van der Waals surface area (Å²) in [6.07, 6.45) is 5.84. The number of piperidine rings is 1. The van der Waals surface area contributed by atoms with E-state index < -0.39 is 0 Å². The molecular formula is C17H23NO2. The van der Waals surface area contributed by atoms with Gasteiger partial charge < -0.3 is 9.64 Å². The minimum absolute atomic E-state index is 0.0973. The van der Waals surface area contributed by atoms with E-state index in [1.54, 1.807) is 13.2 Å². The van der Waals surface area contributed by atoms with Crippen LogP contribution in [0.2, 0.25) is 0 Å². The van der Waals surface area contributed by atoms with Gasteiger partial charge in [-0.15, -0.1) is 0 Å². The third-order valence-electron chi connectivity index (χ3n) is 3.76. The Labute approximate surface area is 121 Å². The highest BCUT2D eigenvalue weighted by Gasteiger charge is 2.19. The molecule has 108 valence electrons. The number of nitrogens with zero attached hydrogens (tertiary/aromatic N) is 1. The number of hydrogen-bond donors (Lipinski definition) is 0. The molecule has 1 heterocycles. The number of hydrogen-bond acceptors (Lipinski definition) is 2. The topological polar surface area (TPSA) is 29.5 Å². The Kier molecular flexibility index (Phi) is 4.83. The van der Waals surface area contributed by atoms with Crippen LogP contribution in [0.4, 0.5) is 0 Å². The van der Waals surface area contributed by atoms with Gasteiger partial charge in [0.1, 0.15) is 5.75 Å². The Balaban J connectivity index is 2.08. The third-order valence-corrected chi connectivity index (χ3v) is 3.76. The van der Waals surface area contributed by atoms with E-state index in [1.165, 1.54) is 6.42 Å². The summed E-state index contributed by atoms with van der Waals surface area (Å²) in [5.74, 6) is 1.50. The van der Waals surface area contributed by atoms with Crippen LogP contribution in [0, 0.1) is 12.8 Å². The van der Waals surface area contributed by atoms with Crippen LogP contribution in [0.25, 0.3) is 6.08 Å². The molecule has 1 aromatic carbocycles. The SMILES string of the molecule is COc1ccc(C)cc1/C=C/C(=O)N1CCCC(C)C1. The first-order chi connectivity index (χ1) is 9.60. The van der Waals surface area contributed by atoms with Crippen LogP contribution in [-0.4, -0.2) is 31.0 Å². The molecule has 0 saturated carbocycles. The van der Waals surface area contributed by atoms with Gasteiger partial charge in [0.2, 0.25) is 5.91 Å². The second kappa shape index (κ2) is 6.60. The predicted octanol–water partition coefficient (Wildman–Crippen LogP) is 3.28. The zero-order valence-electron chi connectivity index (χ0n) is 12.6. The van der Waals surface area contributed by atoms with Crippen molar-refractivity contribution in [1.29, 1.82) is 0 Å².